The van der Waals surface area contributed by atoms with Crippen molar-refractivity contribution in [3.8, 4) is 11.3 Å². The highest BCUT2D eigenvalue weighted by Gasteiger charge is 2.38. The van der Waals surface area contributed by atoms with Gasteiger partial charge in [0, 0.05) is 36.1 Å². The van der Waals surface area contributed by atoms with E-state index < -0.39 is 12.1 Å². The van der Waals surface area contributed by atoms with Crippen LogP contribution in [0.25, 0.3) is 23.4 Å². The van der Waals surface area contributed by atoms with Gasteiger partial charge in [0.25, 0.3) is 5.91 Å². The first kappa shape index (κ1) is 23.8. The monoisotopic (exact) mass is 457 g/mol. The first-order valence-corrected chi connectivity index (χ1v) is 10.1. The lowest BCUT2D eigenvalue weighted by molar-refractivity contribution is -0.192. The van der Waals surface area contributed by atoms with E-state index in [1.807, 2.05) is 24.3 Å². The first-order chi connectivity index (χ1) is 15.6. The highest BCUT2D eigenvalue weighted by molar-refractivity contribution is 5.97. The summed E-state index contributed by atoms with van der Waals surface area (Å²) in [4.78, 5) is 28.7. The Morgan fingerprint density at radius 1 is 1.12 bits per heavy atom. The summed E-state index contributed by atoms with van der Waals surface area (Å²) in [5.74, 6) is -2.76. The number of aliphatic carboxylic acids is 1. The second-order valence-corrected chi connectivity index (χ2v) is 7.49. The predicted octanol–water partition coefficient (Wildman–Crippen LogP) is 4.78. The van der Waals surface area contributed by atoms with Crippen LogP contribution in [0.15, 0.2) is 42.6 Å². The Balaban J connectivity index is 0.000000383. The van der Waals surface area contributed by atoms with E-state index in [-0.39, 0.29) is 5.91 Å². The van der Waals surface area contributed by atoms with Gasteiger partial charge in [0.2, 0.25) is 0 Å². The minimum absolute atomic E-state index is 0.00189. The van der Waals surface area contributed by atoms with Crippen molar-refractivity contribution >= 4 is 24.0 Å². The lowest BCUT2D eigenvalue weighted by Gasteiger charge is -2.10. The SMILES string of the molecule is Cc1cccc(C)c1/C=C\c1cc(-c2cc3c([nH]2)CCNC3=O)ccn1.O=C(O)C(F)(F)F. The molecule has 9 heteroatoms. The Morgan fingerprint density at radius 3 is 2.39 bits per heavy atom. The minimum atomic E-state index is -5.08. The van der Waals surface area contributed by atoms with Gasteiger partial charge in [-0.25, -0.2) is 4.79 Å². The molecule has 0 fully saturated rings. The van der Waals surface area contributed by atoms with Crippen molar-refractivity contribution in [3.63, 3.8) is 0 Å². The molecule has 0 unspecified atom stereocenters. The maximum absolute atomic E-state index is 12.0. The molecule has 1 aromatic carbocycles. The molecule has 1 aliphatic heterocycles. The summed E-state index contributed by atoms with van der Waals surface area (Å²) in [6, 6.07) is 12.2. The van der Waals surface area contributed by atoms with Crippen molar-refractivity contribution < 1.29 is 27.9 Å². The van der Waals surface area contributed by atoms with Gasteiger partial charge in [0.15, 0.2) is 0 Å². The Kier molecular flexibility index (Phi) is 7.01. The number of carboxylic acid groups (broad SMARTS) is 1. The Morgan fingerprint density at radius 2 is 1.79 bits per heavy atom. The zero-order valence-electron chi connectivity index (χ0n) is 18.0. The Labute approximate surface area is 188 Å². The highest BCUT2D eigenvalue weighted by atomic mass is 19.4. The number of pyridine rings is 1. The van der Waals surface area contributed by atoms with Gasteiger partial charge in [-0.05, 0) is 54.8 Å². The van der Waals surface area contributed by atoms with Crippen LogP contribution in [-0.2, 0) is 11.2 Å². The molecule has 4 rings (SSSR count). The van der Waals surface area contributed by atoms with Crippen molar-refractivity contribution in [2.24, 2.45) is 0 Å². The van der Waals surface area contributed by atoms with E-state index in [0.29, 0.717) is 6.54 Å². The topological polar surface area (TPSA) is 95.1 Å². The first-order valence-electron chi connectivity index (χ1n) is 10.1. The number of fused-ring (bicyclic) bond motifs is 1. The number of aromatic nitrogens is 2. The largest absolute Gasteiger partial charge is 0.490 e. The number of H-pyrrole nitrogens is 1. The molecule has 0 saturated carbocycles. The van der Waals surface area contributed by atoms with Crippen molar-refractivity contribution in [3.05, 3.63) is 76.2 Å². The smallest absolute Gasteiger partial charge is 0.475 e. The molecule has 2 aromatic heterocycles. The number of halogens is 3. The molecule has 0 atom stereocenters. The molecule has 33 heavy (non-hydrogen) atoms. The third-order valence-corrected chi connectivity index (χ3v) is 5.10. The average molecular weight is 457 g/mol. The van der Waals surface area contributed by atoms with E-state index in [0.717, 1.165) is 34.6 Å². The number of alkyl halides is 3. The second kappa shape index (κ2) is 9.72. The van der Waals surface area contributed by atoms with Gasteiger partial charge in [0.05, 0.1) is 11.3 Å². The van der Waals surface area contributed by atoms with E-state index in [9.17, 15) is 18.0 Å². The summed E-state index contributed by atoms with van der Waals surface area (Å²) in [7, 11) is 0. The van der Waals surface area contributed by atoms with Gasteiger partial charge in [-0.15, -0.1) is 0 Å². The number of carboxylic acids is 1. The van der Waals surface area contributed by atoms with E-state index >= 15 is 0 Å². The predicted molar refractivity (Wildman–Crippen MR) is 119 cm³/mol. The maximum atomic E-state index is 12.0. The molecule has 3 aromatic rings. The van der Waals surface area contributed by atoms with E-state index in [2.05, 4.69) is 53.4 Å². The van der Waals surface area contributed by atoms with Crippen LogP contribution < -0.4 is 5.32 Å². The normalized spacial score (nSPS) is 13.2. The number of hydrogen-bond acceptors (Lipinski definition) is 3. The molecule has 3 heterocycles. The van der Waals surface area contributed by atoms with E-state index in [1.165, 1.54) is 16.7 Å². The number of aryl methyl sites for hydroxylation is 2. The van der Waals surface area contributed by atoms with Gasteiger partial charge in [-0.1, -0.05) is 24.3 Å². The van der Waals surface area contributed by atoms with Crippen molar-refractivity contribution in [2.75, 3.05) is 6.54 Å². The molecule has 6 nitrogen and oxygen atoms in total. The number of aromatic amines is 1. The Hall–Kier alpha value is -3.88. The summed E-state index contributed by atoms with van der Waals surface area (Å²) >= 11 is 0. The maximum Gasteiger partial charge on any atom is 0.490 e. The number of carbonyl (C=O) groups is 2. The van der Waals surface area contributed by atoms with E-state index in [4.69, 9.17) is 9.90 Å². The third kappa shape index (κ3) is 5.88. The lowest BCUT2D eigenvalue weighted by Crippen LogP contribution is -2.31. The number of nitrogens with zero attached hydrogens (tertiary/aromatic N) is 1. The number of amides is 1. The van der Waals surface area contributed by atoms with Crippen molar-refractivity contribution in [1.29, 1.82) is 0 Å². The fourth-order valence-electron chi connectivity index (χ4n) is 3.41. The summed E-state index contributed by atoms with van der Waals surface area (Å²) in [6.07, 6.45) is 1.71. The summed E-state index contributed by atoms with van der Waals surface area (Å²) in [5.41, 5.74) is 8.36. The van der Waals surface area contributed by atoms with Crippen LogP contribution in [0.5, 0.6) is 0 Å². The molecule has 1 aliphatic rings. The molecule has 3 N–H and O–H groups in total. The molecular formula is C24H22F3N3O3. The molecule has 0 spiro atoms. The molecule has 1 amide bonds. The fourth-order valence-corrected chi connectivity index (χ4v) is 3.41. The molecule has 0 bridgehead atoms. The molecule has 0 radical (unpaired) electrons. The standard InChI is InChI=1S/C22H21N3O.C2HF3O2/c1-14-4-3-5-15(2)18(14)7-6-17-12-16(8-10-23-17)21-13-19-20(25-21)9-11-24-22(19)26;3-2(4,5)1(6)7/h3-8,10,12-13,25H,9,11H2,1-2H3,(H,24,26);(H,6,7)/b7-6-;. The molecule has 0 saturated heterocycles. The van der Waals surface area contributed by atoms with Crippen LogP contribution in [-0.4, -0.2) is 39.7 Å². The molecule has 172 valence electrons. The van der Waals surface area contributed by atoms with Crippen LogP contribution in [0.1, 0.15) is 38.4 Å². The summed E-state index contributed by atoms with van der Waals surface area (Å²) < 4.78 is 31.7. The highest BCUT2D eigenvalue weighted by Crippen LogP contribution is 2.25. The van der Waals surface area contributed by atoms with Crippen LogP contribution in [0, 0.1) is 13.8 Å². The lowest BCUT2D eigenvalue weighted by atomic mass is 10.0. The average Bonchev–Trinajstić information content (AvgIpc) is 3.19. The van der Waals surface area contributed by atoms with Crippen LogP contribution in [0.4, 0.5) is 13.2 Å². The minimum Gasteiger partial charge on any atom is -0.475 e. The zero-order chi connectivity index (χ0) is 24.2. The number of benzene rings is 1. The van der Waals surface area contributed by atoms with Crippen LogP contribution in [0.3, 0.4) is 0 Å². The number of hydrogen-bond donors (Lipinski definition) is 3. The van der Waals surface area contributed by atoms with Crippen molar-refractivity contribution in [1.82, 2.24) is 15.3 Å². The van der Waals surface area contributed by atoms with Gasteiger partial charge >= 0.3 is 12.1 Å². The number of rotatable bonds is 3. The summed E-state index contributed by atoms with van der Waals surface area (Å²) in [5, 5.41) is 10.0. The van der Waals surface area contributed by atoms with Gasteiger partial charge in [-0.3, -0.25) is 9.78 Å². The quantitative estimate of drug-likeness (QED) is 0.527. The number of nitrogens with one attached hydrogen (secondary N) is 2. The third-order valence-electron chi connectivity index (χ3n) is 5.10. The van der Waals surface area contributed by atoms with E-state index in [1.54, 1.807) is 6.20 Å². The van der Waals surface area contributed by atoms with Crippen LogP contribution >= 0.6 is 0 Å². The van der Waals surface area contributed by atoms with Gasteiger partial charge < -0.3 is 15.4 Å². The van der Waals surface area contributed by atoms with Gasteiger partial charge in [0.1, 0.15) is 0 Å². The van der Waals surface area contributed by atoms with Crippen molar-refractivity contribution in [2.45, 2.75) is 26.4 Å². The Bertz CT molecular complexity index is 1190. The van der Waals surface area contributed by atoms with Gasteiger partial charge in [-0.2, -0.15) is 13.2 Å². The second-order valence-electron chi connectivity index (χ2n) is 7.49. The fraction of sp³-hybridized carbons (Fsp3) is 0.208. The van der Waals surface area contributed by atoms with Crippen LogP contribution in [0.2, 0.25) is 0 Å². The summed E-state index contributed by atoms with van der Waals surface area (Å²) in [6.45, 7) is 4.92. The number of carbonyl (C=O) groups excluding carboxylic acids is 1. The zero-order valence-corrected chi connectivity index (χ0v) is 18.0. The molecular weight excluding hydrogens is 435 g/mol. The molecule has 0 aliphatic carbocycles.